The number of carbonyl (C=O) groups excluding carboxylic acids is 1. The van der Waals surface area contributed by atoms with Crippen LogP contribution in [0.25, 0.3) is 0 Å². The molecule has 1 saturated heterocycles. The average molecular weight is 284 g/mol. The van der Waals surface area contributed by atoms with Gasteiger partial charge >= 0.3 is 0 Å². The van der Waals surface area contributed by atoms with Crippen molar-refractivity contribution < 1.29 is 9.53 Å². The van der Waals surface area contributed by atoms with E-state index in [1.54, 1.807) is 0 Å². The zero-order valence-electron chi connectivity index (χ0n) is 13.6. The molecule has 0 spiro atoms. The monoisotopic (exact) mass is 284 g/mol. The van der Waals surface area contributed by atoms with E-state index in [1.807, 2.05) is 20.8 Å². The van der Waals surface area contributed by atoms with Crippen LogP contribution in [0.2, 0.25) is 0 Å². The van der Waals surface area contributed by atoms with Gasteiger partial charge in [0.05, 0.1) is 6.61 Å². The number of ether oxygens (including phenoxy) is 1. The second-order valence-electron chi connectivity index (χ2n) is 5.96. The molecular formula is C16H32N2O2. The van der Waals surface area contributed by atoms with E-state index in [0.717, 1.165) is 71.7 Å². The molecule has 1 rings (SSSR count). The fourth-order valence-corrected chi connectivity index (χ4v) is 2.50. The molecule has 0 bridgehead atoms. The Morgan fingerprint density at radius 3 is 2.20 bits per heavy atom. The normalized spacial score (nSPS) is 17.8. The highest BCUT2D eigenvalue weighted by Gasteiger charge is 2.16. The van der Waals surface area contributed by atoms with Crippen LogP contribution in [-0.4, -0.2) is 68.1 Å². The standard InChI is InChI=1S/C16H32N2O2/c1-4-20-14-13-18-11-9-17(10-12-18)8-6-5-7-16(19)15(2)3/h15H,4-14H2,1-3H3. The average Bonchev–Trinajstić information content (AvgIpc) is 2.45. The van der Waals surface area contributed by atoms with Gasteiger partial charge in [0.15, 0.2) is 0 Å². The third-order valence-electron chi connectivity index (χ3n) is 4.01. The van der Waals surface area contributed by atoms with Crippen LogP contribution < -0.4 is 0 Å². The van der Waals surface area contributed by atoms with Crippen molar-refractivity contribution in [2.75, 3.05) is 52.5 Å². The highest BCUT2D eigenvalue weighted by atomic mass is 16.5. The molecule has 4 heteroatoms. The van der Waals surface area contributed by atoms with Crippen molar-refractivity contribution in [2.45, 2.75) is 40.0 Å². The van der Waals surface area contributed by atoms with Crippen LogP contribution in [0.4, 0.5) is 0 Å². The Morgan fingerprint density at radius 1 is 1.05 bits per heavy atom. The Morgan fingerprint density at radius 2 is 1.65 bits per heavy atom. The van der Waals surface area contributed by atoms with Crippen LogP contribution in [0, 0.1) is 5.92 Å². The molecule has 4 nitrogen and oxygen atoms in total. The number of carbonyl (C=O) groups is 1. The highest BCUT2D eigenvalue weighted by molar-refractivity contribution is 5.80. The fourth-order valence-electron chi connectivity index (χ4n) is 2.50. The molecule has 0 aromatic rings. The number of unbranched alkanes of at least 4 members (excludes halogenated alkanes) is 1. The van der Waals surface area contributed by atoms with Crippen molar-refractivity contribution in [1.82, 2.24) is 9.80 Å². The third-order valence-corrected chi connectivity index (χ3v) is 4.01. The van der Waals surface area contributed by atoms with Crippen LogP contribution in [0.15, 0.2) is 0 Å². The number of Topliss-reactive ketones (excluding diaryl/α,β-unsaturated/α-hetero) is 1. The summed E-state index contributed by atoms with van der Waals surface area (Å²) in [6.07, 6.45) is 2.95. The smallest absolute Gasteiger partial charge is 0.135 e. The Labute approximate surface area is 124 Å². The molecular weight excluding hydrogens is 252 g/mol. The van der Waals surface area contributed by atoms with Crippen molar-refractivity contribution >= 4 is 5.78 Å². The van der Waals surface area contributed by atoms with E-state index >= 15 is 0 Å². The van der Waals surface area contributed by atoms with Gasteiger partial charge in [0, 0.05) is 51.7 Å². The van der Waals surface area contributed by atoms with Crippen LogP contribution in [0.3, 0.4) is 0 Å². The summed E-state index contributed by atoms with van der Waals surface area (Å²) in [5.74, 6) is 0.606. The van der Waals surface area contributed by atoms with E-state index < -0.39 is 0 Å². The van der Waals surface area contributed by atoms with Gasteiger partial charge in [-0.15, -0.1) is 0 Å². The lowest BCUT2D eigenvalue weighted by molar-refractivity contribution is -0.122. The maximum Gasteiger partial charge on any atom is 0.135 e. The summed E-state index contributed by atoms with van der Waals surface area (Å²) in [6.45, 7) is 14.5. The van der Waals surface area contributed by atoms with Gasteiger partial charge in [-0.1, -0.05) is 13.8 Å². The molecule has 0 amide bonds. The summed E-state index contributed by atoms with van der Waals surface area (Å²) < 4.78 is 5.40. The number of ketones is 1. The van der Waals surface area contributed by atoms with E-state index in [4.69, 9.17) is 4.74 Å². The zero-order valence-corrected chi connectivity index (χ0v) is 13.6. The highest BCUT2D eigenvalue weighted by Crippen LogP contribution is 2.07. The lowest BCUT2D eigenvalue weighted by Crippen LogP contribution is -2.47. The minimum Gasteiger partial charge on any atom is -0.380 e. The minimum atomic E-state index is 0.198. The second kappa shape index (κ2) is 10.3. The predicted molar refractivity (Wildman–Crippen MR) is 83.1 cm³/mol. The van der Waals surface area contributed by atoms with Gasteiger partial charge in [-0.05, 0) is 26.3 Å². The summed E-state index contributed by atoms with van der Waals surface area (Å²) in [5.41, 5.74) is 0. The van der Waals surface area contributed by atoms with E-state index in [2.05, 4.69) is 9.80 Å². The molecule has 0 aromatic carbocycles. The van der Waals surface area contributed by atoms with Gasteiger partial charge in [-0.25, -0.2) is 0 Å². The minimum absolute atomic E-state index is 0.198. The molecule has 0 atom stereocenters. The maximum absolute atomic E-state index is 11.5. The molecule has 0 unspecified atom stereocenters. The summed E-state index contributed by atoms with van der Waals surface area (Å²) in [5, 5.41) is 0. The molecule has 0 saturated carbocycles. The van der Waals surface area contributed by atoms with E-state index in [-0.39, 0.29) is 5.92 Å². The predicted octanol–water partition coefficient (Wildman–Crippen LogP) is 2.04. The molecule has 1 aliphatic rings. The maximum atomic E-state index is 11.5. The Bertz CT molecular complexity index is 261. The van der Waals surface area contributed by atoms with Gasteiger partial charge in [0.25, 0.3) is 0 Å². The summed E-state index contributed by atoms with van der Waals surface area (Å²) >= 11 is 0. The summed E-state index contributed by atoms with van der Waals surface area (Å²) in [6, 6.07) is 0. The van der Waals surface area contributed by atoms with Crippen LogP contribution in [-0.2, 0) is 9.53 Å². The van der Waals surface area contributed by atoms with Crippen LogP contribution >= 0.6 is 0 Å². The largest absolute Gasteiger partial charge is 0.380 e. The summed E-state index contributed by atoms with van der Waals surface area (Å²) in [7, 11) is 0. The van der Waals surface area contributed by atoms with E-state index in [9.17, 15) is 4.79 Å². The lowest BCUT2D eigenvalue weighted by atomic mass is 10.0. The van der Waals surface area contributed by atoms with Gasteiger partial charge in [0.2, 0.25) is 0 Å². The first-order chi connectivity index (χ1) is 9.63. The molecule has 0 N–H and O–H groups in total. The van der Waals surface area contributed by atoms with Gasteiger partial charge in [0.1, 0.15) is 5.78 Å². The Balaban J connectivity index is 2.01. The first-order valence-electron chi connectivity index (χ1n) is 8.18. The second-order valence-corrected chi connectivity index (χ2v) is 5.96. The van der Waals surface area contributed by atoms with Crippen molar-refractivity contribution in [2.24, 2.45) is 5.92 Å². The van der Waals surface area contributed by atoms with Crippen molar-refractivity contribution in [3.05, 3.63) is 0 Å². The zero-order chi connectivity index (χ0) is 14.8. The number of hydrogen-bond donors (Lipinski definition) is 0. The quantitative estimate of drug-likeness (QED) is 0.575. The van der Waals surface area contributed by atoms with Crippen molar-refractivity contribution in [3.63, 3.8) is 0 Å². The third kappa shape index (κ3) is 7.36. The van der Waals surface area contributed by atoms with Crippen molar-refractivity contribution in [3.8, 4) is 0 Å². The Kier molecular flexibility index (Phi) is 9.07. The molecule has 0 radical (unpaired) electrons. The number of hydrogen-bond acceptors (Lipinski definition) is 4. The number of piperazine rings is 1. The van der Waals surface area contributed by atoms with Gasteiger partial charge < -0.3 is 9.64 Å². The molecule has 1 aliphatic heterocycles. The number of nitrogens with zero attached hydrogens (tertiary/aromatic N) is 2. The summed E-state index contributed by atoms with van der Waals surface area (Å²) in [4.78, 5) is 16.5. The molecule has 1 heterocycles. The first-order valence-corrected chi connectivity index (χ1v) is 8.18. The van der Waals surface area contributed by atoms with Gasteiger partial charge in [-0.3, -0.25) is 9.69 Å². The Hall–Kier alpha value is -0.450. The molecule has 1 fully saturated rings. The molecule has 118 valence electrons. The van der Waals surface area contributed by atoms with Gasteiger partial charge in [-0.2, -0.15) is 0 Å². The number of rotatable bonds is 10. The molecule has 0 aromatic heterocycles. The first kappa shape index (κ1) is 17.6. The topological polar surface area (TPSA) is 32.8 Å². The SMILES string of the molecule is CCOCCN1CCN(CCCCC(=O)C(C)C)CC1. The van der Waals surface area contributed by atoms with E-state index in [1.165, 1.54) is 0 Å². The fraction of sp³-hybridized carbons (Fsp3) is 0.938. The molecule has 20 heavy (non-hydrogen) atoms. The van der Waals surface area contributed by atoms with Crippen molar-refractivity contribution in [1.29, 1.82) is 0 Å². The lowest BCUT2D eigenvalue weighted by Gasteiger charge is -2.34. The van der Waals surface area contributed by atoms with E-state index in [0.29, 0.717) is 5.78 Å². The van der Waals surface area contributed by atoms with Crippen LogP contribution in [0.5, 0.6) is 0 Å². The van der Waals surface area contributed by atoms with Crippen LogP contribution in [0.1, 0.15) is 40.0 Å². The molecule has 0 aliphatic carbocycles.